The van der Waals surface area contributed by atoms with E-state index in [4.69, 9.17) is 4.74 Å². The van der Waals surface area contributed by atoms with E-state index in [2.05, 4.69) is 29.2 Å². The Labute approximate surface area is 146 Å². The van der Waals surface area contributed by atoms with Gasteiger partial charge in [0.15, 0.2) is 5.65 Å². The maximum Gasteiger partial charge on any atom is 0.350 e. The monoisotopic (exact) mass is 347 g/mol. The average molecular weight is 347 g/mol. The highest BCUT2D eigenvalue weighted by atomic mass is 16.5. The van der Waals surface area contributed by atoms with E-state index < -0.39 is 0 Å². The Kier molecular flexibility index (Phi) is 5.50. The molecule has 1 amide bonds. The Morgan fingerprint density at radius 1 is 1.44 bits per heavy atom. The van der Waals surface area contributed by atoms with Crippen molar-refractivity contribution in [2.24, 2.45) is 5.92 Å². The molecule has 8 heteroatoms. The molecule has 1 saturated heterocycles. The van der Waals surface area contributed by atoms with E-state index in [1.807, 2.05) is 0 Å². The van der Waals surface area contributed by atoms with Crippen molar-refractivity contribution < 1.29 is 9.53 Å². The lowest BCUT2D eigenvalue weighted by Gasteiger charge is -2.33. The van der Waals surface area contributed by atoms with Gasteiger partial charge < -0.3 is 10.1 Å². The average Bonchev–Trinajstić information content (AvgIpc) is 2.89. The molecule has 1 fully saturated rings. The third kappa shape index (κ3) is 4.46. The molecule has 1 atom stereocenters. The van der Waals surface area contributed by atoms with Gasteiger partial charge in [-0.3, -0.25) is 14.1 Å². The van der Waals surface area contributed by atoms with Crippen LogP contribution in [0.2, 0.25) is 0 Å². The molecular formula is C17H25N5O3. The summed E-state index contributed by atoms with van der Waals surface area (Å²) in [6, 6.07) is 5.29. The van der Waals surface area contributed by atoms with Crippen LogP contribution in [0.5, 0.6) is 0 Å². The smallest absolute Gasteiger partial charge is 0.350 e. The lowest BCUT2D eigenvalue weighted by molar-refractivity contribution is -0.123. The molecule has 1 aliphatic heterocycles. The quantitative estimate of drug-likeness (QED) is 0.794. The summed E-state index contributed by atoms with van der Waals surface area (Å²) in [4.78, 5) is 26.7. The SMILES string of the molecule is CC(C)CN1CCO[C@@H](CNC(=O)Cn2nc3ccccn3c2=O)C1. The Bertz CT molecular complexity index is 782. The normalized spacial score (nSPS) is 18.8. The second kappa shape index (κ2) is 7.79. The molecule has 2 aromatic heterocycles. The fourth-order valence-corrected chi connectivity index (χ4v) is 3.08. The number of pyridine rings is 1. The van der Waals surface area contributed by atoms with Crippen LogP contribution in [-0.4, -0.2) is 63.9 Å². The minimum absolute atomic E-state index is 0.0192. The molecule has 136 valence electrons. The van der Waals surface area contributed by atoms with Crippen molar-refractivity contribution in [3.8, 4) is 0 Å². The first kappa shape index (κ1) is 17.6. The van der Waals surface area contributed by atoms with Crippen LogP contribution in [0.1, 0.15) is 13.8 Å². The summed E-state index contributed by atoms with van der Waals surface area (Å²) in [6.45, 7) is 8.19. The van der Waals surface area contributed by atoms with E-state index in [1.54, 1.807) is 24.4 Å². The van der Waals surface area contributed by atoms with E-state index in [1.165, 1.54) is 9.08 Å². The van der Waals surface area contributed by atoms with Gasteiger partial charge in [-0.2, -0.15) is 0 Å². The third-order valence-corrected chi connectivity index (χ3v) is 4.15. The predicted molar refractivity (Wildman–Crippen MR) is 93.5 cm³/mol. The van der Waals surface area contributed by atoms with Gasteiger partial charge in [0.1, 0.15) is 6.54 Å². The number of nitrogens with one attached hydrogen (secondary N) is 1. The van der Waals surface area contributed by atoms with E-state index in [0.29, 0.717) is 24.7 Å². The number of carbonyl (C=O) groups excluding carboxylic acids is 1. The summed E-state index contributed by atoms with van der Waals surface area (Å²) in [6.07, 6.45) is 1.62. The zero-order valence-electron chi connectivity index (χ0n) is 14.7. The second-order valence-corrected chi connectivity index (χ2v) is 6.82. The summed E-state index contributed by atoms with van der Waals surface area (Å²) in [7, 11) is 0. The Morgan fingerprint density at radius 3 is 3.04 bits per heavy atom. The van der Waals surface area contributed by atoms with Crippen LogP contribution >= 0.6 is 0 Å². The molecule has 8 nitrogen and oxygen atoms in total. The standard InChI is InChI=1S/C17H25N5O3/c1-13(2)10-20-7-8-25-14(11-20)9-18-16(23)12-22-17(24)21-6-4-3-5-15(21)19-22/h3-6,13-14H,7-12H2,1-2H3,(H,18,23)/t14-/m0/s1. The first-order valence-corrected chi connectivity index (χ1v) is 8.68. The van der Waals surface area contributed by atoms with Crippen LogP contribution < -0.4 is 11.0 Å². The number of rotatable bonds is 6. The van der Waals surface area contributed by atoms with Crippen LogP contribution in [0.15, 0.2) is 29.2 Å². The summed E-state index contributed by atoms with van der Waals surface area (Å²) in [5, 5.41) is 7.01. The topological polar surface area (TPSA) is 80.9 Å². The van der Waals surface area contributed by atoms with Gasteiger partial charge in [0.25, 0.3) is 0 Å². The highest BCUT2D eigenvalue weighted by Crippen LogP contribution is 2.07. The lowest BCUT2D eigenvalue weighted by Crippen LogP contribution is -2.48. The van der Waals surface area contributed by atoms with Crippen molar-refractivity contribution in [1.29, 1.82) is 0 Å². The van der Waals surface area contributed by atoms with Crippen molar-refractivity contribution in [3.05, 3.63) is 34.9 Å². The van der Waals surface area contributed by atoms with Crippen molar-refractivity contribution in [2.45, 2.75) is 26.5 Å². The number of amides is 1. The molecule has 0 saturated carbocycles. The van der Waals surface area contributed by atoms with Gasteiger partial charge in [-0.25, -0.2) is 9.48 Å². The van der Waals surface area contributed by atoms with Gasteiger partial charge in [-0.1, -0.05) is 19.9 Å². The molecule has 3 rings (SSSR count). The number of hydrogen-bond donors (Lipinski definition) is 1. The number of morpholine rings is 1. The molecule has 0 spiro atoms. The van der Waals surface area contributed by atoms with E-state index in [-0.39, 0.29) is 24.2 Å². The summed E-state index contributed by atoms with van der Waals surface area (Å²) in [5.74, 6) is 0.366. The number of carbonyl (C=O) groups is 1. The minimum atomic E-state index is -0.317. The van der Waals surface area contributed by atoms with E-state index >= 15 is 0 Å². The molecule has 25 heavy (non-hydrogen) atoms. The Hall–Kier alpha value is -2.19. The summed E-state index contributed by atoms with van der Waals surface area (Å²) >= 11 is 0. The van der Waals surface area contributed by atoms with E-state index in [0.717, 1.165) is 19.6 Å². The predicted octanol–water partition coefficient (Wildman–Crippen LogP) is -0.0310. The second-order valence-electron chi connectivity index (χ2n) is 6.82. The summed E-state index contributed by atoms with van der Waals surface area (Å²) < 4.78 is 8.31. The lowest BCUT2D eigenvalue weighted by atomic mass is 10.2. The maximum atomic E-state index is 12.2. The van der Waals surface area contributed by atoms with Crippen molar-refractivity contribution in [2.75, 3.05) is 32.8 Å². The van der Waals surface area contributed by atoms with Crippen molar-refractivity contribution in [1.82, 2.24) is 24.4 Å². The molecule has 0 radical (unpaired) electrons. The summed E-state index contributed by atoms with van der Waals surface area (Å²) in [5.41, 5.74) is 0.211. The minimum Gasteiger partial charge on any atom is -0.374 e. The zero-order chi connectivity index (χ0) is 17.8. The molecular weight excluding hydrogens is 322 g/mol. The van der Waals surface area contributed by atoms with E-state index in [9.17, 15) is 9.59 Å². The number of ether oxygens (including phenoxy) is 1. The number of nitrogens with zero attached hydrogens (tertiary/aromatic N) is 4. The number of fused-ring (bicyclic) bond motifs is 1. The third-order valence-electron chi connectivity index (χ3n) is 4.15. The largest absolute Gasteiger partial charge is 0.374 e. The van der Waals surface area contributed by atoms with Gasteiger partial charge in [0.05, 0.1) is 12.7 Å². The molecule has 1 N–H and O–H groups in total. The van der Waals surface area contributed by atoms with Crippen LogP contribution in [-0.2, 0) is 16.1 Å². The molecule has 0 aromatic carbocycles. The fraction of sp³-hybridized carbons (Fsp3) is 0.588. The van der Waals surface area contributed by atoms with Gasteiger partial charge in [0, 0.05) is 32.4 Å². The van der Waals surface area contributed by atoms with Crippen LogP contribution in [0.3, 0.4) is 0 Å². The highest BCUT2D eigenvalue weighted by Gasteiger charge is 2.21. The van der Waals surface area contributed by atoms with Gasteiger partial charge in [-0.15, -0.1) is 5.10 Å². The molecule has 3 heterocycles. The highest BCUT2D eigenvalue weighted by molar-refractivity contribution is 5.75. The molecule has 0 unspecified atom stereocenters. The van der Waals surface area contributed by atoms with Crippen molar-refractivity contribution in [3.63, 3.8) is 0 Å². The van der Waals surface area contributed by atoms with Gasteiger partial charge >= 0.3 is 5.69 Å². The molecule has 0 aliphatic carbocycles. The number of hydrogen-bond acceptors (Lipinski definition) is 5. The fourth-order valence-electron chi connectivity index (χ4n) is 3.08. The molecule has 0 bridgehead atoms. The first-order valence-electron chi connectivity index (χ1n) is 8.68. The van der Waals surface area contributed by atoms with Gasteiger partial charge in [0.2, 0.25) is 5.91 Å². The van der Waals surface area contributed by atoms with Crippen LogP contribution in [0.25, 0.3) is 5.65 Å². The van der Waals surface area contributed by atoms with Crippen LogP contribution in [0.4, 0.5) is 0 Å². The Morgan fingerprint density at radius 2 is 2.28 bits per heavy atom. The van der Waals surface area contributed by atoms with Crippen molar-refractivity contribution >= 4 is 11.6 Å². The maximum absolute atomic E-state index is 12.2. The van der Waals surface area contributed by atoms with Crippen LogP contribution in [0, 0.1) is 5.92 Å². The molecule has 1 aliphatic rings. The van der Waals surface area contributed by atoms with Gasteiger partial charge in [-0.05, 0) is 18.1 Å². The molecule has 2 aromatic rings. The number of aromatic nitrogens is 3. The first-order chi connectivity index (χ1) is 12.0. The zero-order valence-corrected chi connectivity index (χ0v) is 14.7. The Balaban J connectivity index is 1.52.